The topological polar surface area (TPSA) is 39.9 Å². The van der Waals surface area contributed by atoms with Gasteiger partial charge in [-0.05, 0) is 31.4 Å². The molecule has 1 aromatic rings. The van der Waals surface area contributed by atoms with Crippen molar-refractivity contribution in [3.63, 3.8) is 0 Å². The molecule has 0 spiro atoms. The Balaban J connectivity index is 2.08. The van der Waals surface area contributed by atoms with Crippen LogP contribution in [0.2, 0.25) is 0 Å². The molecule has 0 unspecified atom stereocenters. The molecule has 1 fully saturated rings. The van der Waals surface area contributed by atoms with E-state index in [4.69, 9.17) is 5.26 Å². The summed E-state index contributed by atoms with van der Waals surface area (Å²) >= 11 is 0. The average Bonchev–Trinajstić information content (AvgIpc) is 2.31. The SMILES string of the molecule is Cc1ccncc1N1CCC(=CC#N)CC1. The second kappa shape index (κ2) is 4.80. The van der Waals surface area contributed by atoms with Gasteiger partial charge in [-0.25, -0.2) is 0 Å². The highest BCUT2D eigenvalue weighted by Gasteiger charge is 2.15. The lowest BCUT2D eigenvalue weighted by Gasteiger charge is -2.30. The lowest BCUT2D eigenvalue weighted by atomic mass is 10.0. The van der Waals surface area contributed by atoms with Crippen molar-refractivity contribution in [3.05, 3.63) is 35.7 Å². The lowest BCUT2D eigenvalue weighted by Crippen LogP contribution is -2.31. The number of rotatable bonds is 1. The highest BCUT2D eigenvalue weighted by atomic mass is 15.1. The summed E-state index contributed by atoms with van der Waals surface area (Å²) in [5.41, 5.74) is 3.75. The predicted molar refractivity (Wildman–Crippen MR) is 64.1 cm³/mol. The normalized spacial score (nSPS) is 15.8. The zero-order chi connectivity index (χ0) is 11.4. The van der Waals surface area contributed by atoms with E-state index in [0.29, 0.717) is 0 Å². The Bertz CT molecular complexity index is 433. The fraction of sp³-hybridized carbons (Fsp3) is 0.385. The van der Waals surface area contributed by atoms with Crippen LogP contribution in [0, 0.1) is 18.3 Å². The Morgan fingerprint density at radius 1 is 1.44 bits per heavy atom. The molecule has 3 nitrogen and oxygen atoms in total. The number of hydrogen-bond acceptors (Lipinski definition) is 3. The largest absolute Gasteiger partial charge is 0.369 e. The number of pyridine rings is 1. The number of aryl methyl sites for hydroxylation is 1. The van der Waals surface area contributed by atoms with E-state index in [9.17, 15) is 0 Å². The summed E-state index contributed by atoms with van der Waals surface area (Å²) < 4.78 is 0. The van der Waals surface area contributed by atoms with Crippen LogP contribution in [0.15, 0.2) is 30.1 Å². The van der Waals surface area contributed by atoms with Crippen molar-refractivity contribution in [2.45, 2.75) is 19.8 Å². The molecule has 0 amide bonds. The van der Waals surface area contributed by atoms with Crippen molar-refractivity contribution in [2.75, 3.05) is 18.0 Å². The Hall–Kier alpha value is -1.82. The second-order valence-electron chi connectivity index (χ2n) is 4.08. The number of piperidine rings is 1. The molecule has 1 aliphatic rings. The van der Waals surface area contributed by atoms with Crippen molar-refractivity contribution in [1.82, 2.24) is 4.98 Å². The molecule has 16 heavy (non-hydrogen) atoms. The van der Waals surface area contributed by atoms with Crippen molar-refractivity contribution in [2.24, 2.45) is 0 Å². The molecular formula is C13H15N3. The summed E-state index contributed by atoms with van der Waals surface area (Å²) in [6.45, 7) is 4.08. The molecule has 2 rings (SSSR count). The lowest BCUT2D eigenvalue weighted by molar-refractivity contribution is 0.682. The van der Waals surface area contributed by atoms with Crippen LogP contribution in [0.5, 0.6) is 0 Å². The third kappa shape index (κ3) is 2.22. The minimum absolute atomic E-state index is 0.986. The van der Waals surface area contributed by atoms with Gasteiger partial charge in [0.2, 0.25) is 0 Å². The van der Waals surface area contributed by atoms with Gasteiger partial charge in [0.05, 0.1) is 18.0 Å². The summed E-state index contributed by atoms with van der Waals surface area (Å²) in [7, 11) is 0. The number of nitrogens with zero attached hydrogens (tertiary/aromatic N) is 3. The number of nitriles is 1. The highest BCUT2D eigenvalue weighted by molar-refractivity contribution is 5.51. The smallest absolute Gasteiger partial charge is 0.0911 e. The quantitative estimate of drug-likeness (QED) is 0.673. The molecule has 0 bridgehead atoms. The molecule has 0 aliphatic carbocycles. The zero-order valence-corrected chi connectivity index (χ0v) is 9.48. The maximum atomic E-state index is 8.60. The molecule has 82 valence electrons. The van der Waals surface area contributed by atoms with Crippen LogP contribution in [0.25, 0.3) is 0 Å². The van der Waals surface area contributed by atoms with Gasteiger partial charge in [0.15, 0.2) is 0 Å². The van der Waals surface area contributed by atoms with Gasteiger partial charge in [0.1, 0.15) is 0 Å². The van der Waals surface area contributed by atoms with Gasteiger partial charge in [-0.3, -0.25) is 4.98 Å². The molecule has 0 N–H and O–H groups in total. The molecule has 0 saturated carbocycles. The molecule has 1 aromatic heterocycles. The fourth-order valence-electron chi connectivity index (χ4n) is 2.06. The van der Waals surface area contributed by atoms with E-state index in [1.165, 1.54) is 16.8 Å². The molecule has 2 heterocycles. The standard InChI is InChI=1S/C13H15N3/c1-11-3-7-15-10-13(11)16-8-4-12(2-6-14)5-9-16/h2-3,7,10H,4-5,8-9H2,1H3. The summed E-state index contributed by atoms with van der Waals surface area (Å²) in [6, 6.07) is 4.15. The number of hydrogen-bond donors (Lipinski definition) is 0. The first-order valence-corrected chi connectivity index (χ1v) is 5.54. The van der Waals surface area contributed by atoms with E-state index in [2.05, 4.69) is 22.9 Å². The second-order valence-corrected chi connectivity index (χ2v) is 4.08. The number of allylic oxidation sites excluding steroid dienone is 1. The predicted octanol–water partition coefficient (Wildman–Crippen LogP) is 2.44. The first-order valence-electron chi connectivity index (χ1n) is 5.54. The van der Waals surface area contributed by atoms with Crippen LogP contribution in [-0.2, 0) is 0 Å². The average molecular weight is 213 g/mol. The maximum Gasteiger partial charge on any atom is 0.0911 e. The van der Waals surface area contributed by atoms with E-state index in [1.807, 2.05) is 18.5 Å². The van der Waals surface area contributed by atoms with Gasteiger partial charge in [0.25, 0.3) is 0 Å². The minimum atomic E-state index is 0.986. The van der Waals surface area contributed by atoms with E-state index in [1.54, 1.807) is 6.08 Å². The highest BCUT2D eigenvalue weighted by Crippen LogP contribution is 2.24. The Labute approximate surface area is 96.0 Å². The molecule has 1 aliphatic heterocycles. The summed E-state index contributed by atoms with van der Waals surface area (Å²) in [4.78, 5) is 6.51. The number of anilines is 1. The van der Waals surface area contributed by atoms with E-state index in [0.717, 1.165) is 25.9 Å². The van der Waals surface area contributed by atoms with Crippen LogP contribution in [-0.4, -0.2) is 18.1 Å². The zero-order valence-electron chi connectivity index (χ0n) is 9.48. The Kier molecular flexibility index (Phi) is 3.21. The summed E-state index contributed by atoms with van der Waals surface area (Å²) in [6.07, 6.45) is 7.41. The van der Waals surface area contributed by atoms with Crippen molar-refractivity contribution in [1.29, 1.82) is 5.26 Å². The monoisotopic (exact) mass is 213 g/mol. The summed E-state index contributed by atoms with van der Waals surface area (Å²) in [5.74, 6) is 0. The van der Waals surface area contributed by atoms with Crippen molar-refractivity contribution >= 4 is 5.69 Å². The molecule has 0 aromatic carbocycles. The van der Waals surface area contributed by atoms with Crippen LogP contribution in [0.4, 0.5) is 5.69 Å². The van der Waals surface area contributed by atoms with Gasteiger partial charge in [-0.2, -0.15) is 5.26 Å². The third-order valence-electron chi connectivity index (χ3n) is 3.03. The van der Waals surface area contributed by atoms with Gasteiger partial charge in [0, 0.05) is 25.4 Å². The van der Waals surface area contributed by atoms with Crippen LogP contribution in [0.3, 0.4) is 0 Å². The maximum absolute atomic E-state index is 8.60. The van der Waals surface area contributed by atoms with Crippen LogP contribution in [0.1, 0.15) is 18.4 Å². The van der Waals surface area contributed by atoms with Gasteiger partial charge >= 0.3 is 0 Å². The van der Waals surface area contributed by atoms with E-state index < -0.39 is 0 Å². The first-order chi connectivity index (χ1) is 7.81. The van der Waals surface area contributed by atoms with Gasteiger partial charge < -0.3 is 4.90 Å². The molecule has 3 heteroatoms. The third-order valence-corrected chi connectivity index (χ3v) is 3.03. The molecule has 0 atom stereocenters. The first kappa shape index (κ1) is 10.7. The van der Waals surface area contributed by atoms with Crippen molar-refractivity contribution in [3.8, 4) is 6.07 Å². The van der Waals surface area contributed by atoms with E-state index >= 15 is 0 Å². The number of aromatic nitrogens is 1. The summed E-state index contributed by atoms with van der Waals surface area (Å²) in [5, 5.41) is 8.60. The molecular weight excluding hydrogens is 198 g/mol. The molecule has 1 saturated heterocycles. The minimum Gasteiger partial charge on any atom is -0.369 e. The molecule has 0 radical (unpaired) electrons. The fourth-order valence-corrected chi connectivity index (χ4v) is 2.06. The van der Waals surface area contributed by atoms with E-state index in [-0.39, 0.29) is 0 Å². The van der Waals surface area contributed by atoms with Crippen molar-refractivity contribution < 1.29 is 0 Å². The van der Waals surface area contributed by atoms with Gasteiger partial charge in [-0.15, -0.1) is 0 Å². The Morgan fingerprint density at radius 2 is 2.19 bits per heavy atom. The van der Waals surface area contributed by atoms with Gasteiger partial charge in [-0.1, -0.05) is 5.57 Å². The Morgan fingerprint density at radius 3 is 2.81 bits per heavy atom. The van der Waals surface area contributed by atoms with Crippen LogP contribution >= 0.6 is 0 Å². The van der Waals surface area contributed by atoms with Crippen LogP contribution < -0.4 is 4.90 Å².